The van der Waals surface area contributed by atoms with Crippen molar-refractivity contribution in [1.82, 2.24) is 9.97 Å². The van der Waals surface area contributed by atoms with Crippen LogP contribution in [0, 0.1) is 5.82 Å². The topological polar surface area (TPSA) is 41.0 Å². The minimum Gasteiger partial charge on any atom is -0.370 e. The maximum Gasteiger partial charge on any atom is 0.134 e. The molecule has 0 aliphatic rings. The summed E-state index contributed by atoms with van der Waals surface area (Å²) >= 11 is 0. The third-order valence-corrected chi connectivity index (χ3v) is 4.21. The second kappa shape index (κ2) is 8.94. The number of aromatic nitrogens is 2. The Morgan fingerprint density at radius 3 is 2.46 bits per heavy atom. The van der Waals surface area contributed by atoms with Crippen LogP contribution in [0.5, 0.6) is 0 Å². The molecule has 0 saturated heterocycles. The minimum atomic E-state index is -0.208. The lowest BCUT2D eigenvalue weighted by Crippen LogP contribution is -2.23. The fraction of sp³-hybridized carbons (Fsp3) is 0.238. The molecule has 0 spiro atoms. The Kier molecular flexibility index (Phi) is 6.14. The molecule has 0 fully saturated rings. The van der Waals surface area contributed by atoms with Crippen molar-refractivity contribution in [3.8, 4) is 0 Å². The summed E-state index contributed by atoms with van der Waals surface area (Å²) in [5.74, 6) is 1.49. The highest BCUT2D eigenvalue weighted by Gasteiger charge is 2.08. The van der Waals surface area contributed by atoms with Crippen LogP contribution < -0.4 is 10.2 Å². The summed E-state index contributed by atoms with van der Waals surface area (Å²) < 4.78 is 12.9. The molecule has 0 radical (unpaired) electrons. The molecule has 1 heterocycles. The van der Waals surface area contributed by atoms with E-state index in [1.165, 1.54) is 17.7 Å². The van der Waals surface area contributed by atoms with Crippen LogP contribution in [0.2, 0.25) is 0 Å². The molecule has 0 atom stereocenters. The summed E-state index contributed by atoms with van der Waals surface area (Å²) in [5, 5.41) is 3.32. The molecule has 0 aliphatic carbocycles. The van der Waals surface area contributed by atoms with Gasteiger partial charge in [-0.05, 0) is 36.6 Å². The average molecular weight is 350 g/mol. The molecule has 0 amide bonds. The van der Waals surface area contributed by atoms with E-state index in [-0.39, 0.29) is 5.82 Å². The van der Waals surface area contributed by atoms with E-state index in [4.69, 9.17) is 0 Å². The first-order valence-corrected chi connectivity index (χ1v) is 8.84. The summed E-state index contributed by atoms with van der Waals surface area (Å²) in [6.45, 7) is 4.52. The van der Waals surface area contributed by atoms with E-state index in [0.29, 0.717) is 0 Å². The summed E-state index contributed by atoms with van der Waals surface area (Å²) in [7, 11) is 0. The summed E-state index contributed by atoms with van der Waals surface area (Å²) in [5.41, 5.74) is 2.34. The molecule has 1 aromatic heterocycles. The van der Waals surface area contributed by atoms with Crippen molar-refractivity contribution < 1.29 is 4.39 Å². The predicted octanol–water partition coefficient (Wildman–Crippen LogP) is 4.30. The third-order valence-electron chi connectivity index (χ3n) is 4.21. The van der Waals surface area contributed by atoms with E-state index < -0.39 is 0 Å². The van der Waals surface area contributed by atoms with Gasteiger partial charge < -0.3 is 10.2 Å². The number of halogens is 1. The Bertz CT molecular complexity index is 806. The van der Waals surface area contributed by atoms with Crippen LogP contribution in [0.25, 0.3) is 0 Å². The van der Waals surface area contributed by atoms with Gasteiger partial charge in [-0.15, -0.1) is 0 Å². The molecule has 0 saturated carbocycles. The van der Waals surface area contributed by atoms with Crippen LogP contribution in [0.4, 0.5) is 16.0 Å². The van der Waals surface area contributed by atoms with Crippen molar-refractivity contribution in [2.24, 2.45) is 0 Å². The summed E-state index contributed by atoms with van der Waals surface area (Å²) in [6.07, 6.45) is 2.39. The number of nitrogens with one attached hydrogen (secondary N) is 1. The molecule has 1 N–H and O–H groups in total. The largest absolute Gasteiger partial charge is 0.370 e. The Labute approximate surface area is 153 Å². The van der Waals surface area contributed by atoms with Gasteiger partial charge in [-0.1, -0.05) is 42.5 Å². The molecule has 3 rings (SSSR count). The standard InChI is InChI=1S/C21H23FN4/c1-2-26(15-18-6-4-3-5-7-18)21-14-20(24-16-25-21)23-13-12-17-8-10-19(22)11-9-17/h3-11,14,16H,2,12-13,15H2,1H3,(H,23,24,25). The van der Waals surface area contributed by atoms with Crippen LogP contribution in [-0.4, -0.2) is 23.1 Å². The Hall–Kier alpha value is -2.95. The first-order chi connectivity index (χ1) is 12.7. The number of anilines is 2. The lowest BCUT2D eigenvalue weighted by atomic mass is 10.1. The molecule has 134 valence electrons. The zero-order chi connectivity index (χ0) is 18.2. The average Bonchev–Trinajstić information content (AvgIpc) is 2.69. The van der Waals surface area contributed by atoms with Crippen molar-refractivity contribution in [2.75, 3.05) is 23.3 Å². The van der Waals surface area contributed by atoms with Crippen molar-refractivity contribution in [3.63, 3.8) is 0 Å². The fourth-order valence-electron chi connectivity index (χ4n) is 2.76. The lowest BCUT2D eigenvalue weighted by molar-refractivity contribution is 0.627. The zero-order valence-corrected chi connectivity index (χ0v) is 14.9. The van der Waals surface area contributed by atoms with Gasteiger partial charge in [-0.25, -0.2) is 14.4 Å². The number of nitrogens with zero attached hydrogens (tertiary/aromatic N) is 3. The van der Waals surface area contributed by atoms with Gasteiger partial charge in [0.05, 0.1) is 0 Å². The molecule has 0 bridgehead atoms. The van der Waals surface area contributed by atoms with Gasteiger partial charge in [0.15, 0.2) is 0 Å². The SMILES string of the molecule is CCN(Cc1ccccc1)c1cc(NCCc2ccc(F)cc2)ncn1. The van der Waals surface area contributed by atoms with Crippen LogP contribution in [-0.2, 0) is 13.0 Å². The molecule has 3 aromatic rings. The highest BCUT2D eigenvalue weighted by Crippen LogP contribution is 2.17. The fourth-order valence-corrected chi connectivity index (χ4v) is 2.76. The van der Waals surface area contributed by atoms with Crippen molar-refractivity contribution >= 4 is 11.6 Å². The lowest BCUT2D eigenvalue weighted by Gasteiger charge is -2.22. The Balaban J connectivity index is 1.60. The first kappa shape index (κ1) is 17.9. The van der Waals surface area contributed by atoms with Crippen LogP contribution in [0.1, 0.15) is 18.1 Å². The van der Waals surface area contributed by atoms with Crippen LogP contribution >= 0.6 is 0 Å². The molecule has 4 nitrogen and oxygen atoms in total. The maximum absolute atomic E-state index is 12.9. The number of rotatable bonds is 8. The predicted molar refractivity (Wildman–Crippen MR) is 104 cm³/mol. The summed E-state index contributed by atoms with van der Waals surface area (Å²) in [6, 6.07) is 18.9. The quantitative estimate of drug-likeness (QED) is 0.658. The van der Waals surface area contributed by atoms with Crippen molar-refractivity contribution in [2.45, 2.75) is 19.9 Å². The highest BCUT2D eigenvalue weighted by molar-refractivity contribution is 5.48. The van der Waals surface area contributed by atoms with E-state index in [9.17, 15) is 4.39 Å². The maximum atomic E-state index is 12.9. The highest BCUT2D eigenvalue weighted by atomic mass is 19.1. The monoisotopic (exact) mass is 350 g/mol. The molecular formula is C21H23FN4. The first-order valence-electron chi connectivity index (χ1n) is 8.84. The van der Waals surface area contributed by atoms with Gasteiger partial charge in [0, 0.05) is 25.7 Å². The van der Waals surface area contributed by atoms with E-state index >= 15 is 0 Å². The van der Waals surface area contributed by atoms with Crippen molar-refractivity contribution in [1.29, 1.82) is 0 Å². The molecule has 2 aromatic carbocycles. The van der Waals surface area contributed by atoms with Gasteiger partial charge in [0.25, 0.3) is 0 Å². The number of benzene rings is 2. The van der Waals surface area contributed by atoms with E-state index in [0.717, 1.165) is 43.3 Å². The normalized spacial score (nSPS) is 10.5. The number of hydrogen-bond donors (Lipinski definition) is 1. The summed E-state index contributed by atoms with van der Waals surface area (Å²) in [4.78, 5) is 10.9. The second-order valence-corrected chi connectivity index (χ2v) is 6.06. The van der Waals surface area contributed by atoms with E-state index in [2.05, 4.69) is 39.2 Å². The zero-order valence-electron chi connectivity index (χ0n) is 14.9. The Morgan fingerprint density at radius 2 is 1.73 bits per heavy atom. The minimum absolute atomic E-state index is 0.208. The molecule has 5 heteroatoms. The van der Waals surface area contributed by atoms with Crippen molar-refractivity contribution in [3.05, 3.63) is 83.9 Å². The van der Waals surface area contributed by atoms with E-state index in [1.807, 2.05) is 24.3 Å². The molecule has 0 unspecified atom stereocenters. The van der Waals surface area contributed by atoms with Crippen LogP contribution in [0.15, 0.2) is 67.0 Å². The van der Waals surface area contributed by atoms with Gasteiger partial charge >= 0.3 is 0 Å². The number of hydrogen-bond acceptors (Lipinski definition) is 4. The molecule has 0 aliphatic heterocycles. The second-order valence-electron chi connectivity index (χ2n) is 6.06. The van der Waals surface area contributed by atoms with Gasteiger partial charge in [-0.2, -0.15) is 0 Å². The van der Waals surface area contributed by atoms with Gasteiger partial charge in [-0.3, -0.25) is 0 Å². The van der Waals surface area contributed by atoms with Gasteiger partial charge in [0.1, 0.15) is 23.8 Å². The smallest absolute Gasteiger partial charge is 0.134 e. The van der Waals surface area contributed by atoms with Crippen LogP contribution in [0.3, 0.4) is 0 Å². The third kappa shape index (κ3) is 5.02. The molecular weight excluding hydrogens is 327 g/mol. The molecule has 26 heavy (non-hydrogen) atoms. The van der Waals surface area contributed by atoms with Gasteiger partial charge in [0.2, 0.25) is 0 Å². The Morgan fingerprint density at radius 1 is 0.962 bits per heavy atom. The van der Waals surface area contributed by atoms with E-state index in [1.54, 1.807) is 18.5 Å².